The molecule has 2 aromatic rings. The van der Waals surface area contributed by atoms with Gasteiger partial charge in [-0.3, -0.25) is 9.48 Å². The van der Waals surface area contributed by atoms with E-state index in [1.165, 1.54) is 11.1 Å². The summed E-state index contributed by atoms with van der Waals surface area (Å²) in [6, 6.07) is 8.32. The van der Waals surface area contributed by atoms with E-state index in [2.05, 4.69) is 41.6 Å². The van der Waals surface area contributed by atoms with E-state index in [4.69, 9.17) is 0 Å². The van der Waals surface area contributed by atoms with E-state index in [9.17, 15) is 4.79 Å². The SMILES string of the molecule is Cc1ccc(CCC(=O)NCc2c(C)nn(C)c2C)cc1. The van der Waals surface area contributed by atoms with Crippen molar-refractivity contribution in [2.75, 3.05) is 0 Å². The Labute approximate surface area is 126 Å². The lowest BCUT2D eigenvalue weighted by molar-refractivity contribution is -0.121. The van der Waals surface area contributed by atoms with Crippen molar-refractivity contribution in [3.8, 4) is 0 Å². The maximum atomic E-state index is 11.9. The minimum Gasteiger partial charge on any atom is -0.352 e. The van der Waals surface area contributed by atoms with Crippen LogP contribution in [-0.2, 0) is 24.8 Å². The van der Waals surface area contributed by atoms with Gasteiger partial charge in [-0.15, -0.1) is 0 Å². The molecule has 0 aliphatic carbocycles. The third-order valence-corrected chi connectivity index (χ3v) is 3.88. The van der Waals surface area contributed by atoms with E-state index < -0.39 is 0 Å². The first-order chi connectivity index (χ1) is 9.97. The molecule has 0 bridgehead atoms. The van der Waals surface area contributed by atoms with Gasteiger partial charge in [-0.1, -0.05) is 29.8 Å². The van der Waals surface area contributed by atoms with Crippen LogP contribution in [0.2, 0.25) is 0 Å². The summed E-state index contributed by atoms with van der Waals surface area (Å²) in [7, 11) is 1.92. The molecular formula is C17H23N3O. The molecule has 0 aliphatic rings. The molecule has 112 valence electrons. The zero-order valence-corrected chi connectivity index (χ0v) is 13.2. The van der Waals surface area contributed by atoms with E-state index in [-0.39, 0.29) is 5.91 Å². The lowest BCUT2D eigenvalue weighted by atomic mass is 10.1. The Hall–Kier alpha value is -2.10. The second kappa shape index (κ2) is 6.57. The largest absolute Gasteiger partial charge is 0.352 e. The number of amides is 1. The van der Waals surface area contributed by atoms with Gasteiger partial charge in [0.2, 0.25) is 5.91 Å². The number of hydrogen-bond acceptors (Lipinski definition) is 2. The Morgan fingerprint density at radius 1 is 1.19 bits per heavy atom. The van der Waals surface area contributed by atoms with Crippen molar-refractivity contribution in [2.45, 2.75) is 40.2 Å². The summed E-state index contributed by atoms with van der Waals surface area (Å²) in [4.78, 5) is 11.9. The first-order valence-electron chi connectivity index (χ1n) is 7.28. The zero-order chi connectivity index (χ0) is 15.4. The van der Waals surface area contributed by atoms with Crippen molar-refractivity contribution in [1.29, 1.82) is 0 Å². The summed E-state index contributed by atoms with van der Waals surface area (Å²) in [5.41, 5.74) is 5.64. The van der Waals surface area contributed by atoms with Crippen molar-refractivity contribution >= 4 is 5.91 Å². The number of aryl methyl sites for hydroxylation is 4. The van der Waals surface area contributed by atoms with Crippen LogP contribution in [0, 0.1) is 20.8 Å². The van der Waals surface area contributed by atoms with E-state index >= 15 is 0 Å². The molecule has 1 aromatic heterocycles. The average Bonchev–Trinajstić information content (AvgIpc) is 2.69. The van der Waals surface area contributed by atoms with Gasteiger partial charge < -0.3 is 5.32 Å². The first kappa shape index (κ1) is 15.3. The van der Waals surface area contributed by atoms with Gasteiger partial charge in [-0.25, -0.2) is 0 Å². The lowest BCUT2D eigenvalue weighted by Crippen LogP contribution is -2.23. The monoisotopic (exact) mass is 285 g/mol. The molecule has 2 rings (SSSR count). The van der Waals surface area contributed by atoms with Gasteiger partial charge in [-0.2, -0.15) is 5.10 Å². The van der Waals surface area contributed by atoms with Crippen LogP contribution in [0.1, 0.15) is 34.5 Å². The van der Waals surface area contributed by atoms with Crippen LogP contribution >= 0.6 is 0 Å². The van der Waals surface area contributed by atoms with Gasteiger partial charge in [0.15, 0.2) is 0 Å². The Kier molecular flexibility index (Phi) is 4.78. The van der Waals surface area contributed by atoms with E-state index in [1.807, 2.05) is 25.6 Å². The number of nitrogens with one attached hydrogen (secondary N) is 1. The van der Waals surface area contributed by atoms with Crippen LogP contribution < -0.4 is 5.32 Å². The van der Waals surface area contributed by atoms with Gasteiger partial charge in [-0.05, 0) is 32.8 Å². The molecule has 1 amide bonds. The van der Waals surface area contributed by atoms with Gasteiger partial charge >= 0.3 is 0 Å². The highest BCUT2D eigenvalue weighted by molar-refractivity contribution is 5.76. The number of benzene rings is 1. The fraction of sp³-hybridized carbons (Fsp3) is 0.412. The number of hydrogen-bond donors (Lipinski definition) is 1. The predicted octanol–water partition coefficient (Wildman–Crippen LogP) is 2.59. The summed E-state index contributed by atoms with van der Waals surface area (Å²) >= 11 is 0. The Morgan fingerprint density at radius 3 is 2.43 bits per heavy atom. The highest BCUT2D eigenvalue weighted by atomic mass is 16.1. The second-order valence-electron chi connectivity index (χ2n) is 5.54. The maximum Gasteiger partial charge on any atom is 0.220 e. The van der Waals surface area contributed by atoms with Crippen LogP contribution in [0.3, 0.4) is 0 Å². The zero-order valence-electron chi connectivity index (χ0n) is 13.2. The van der Waals surface area contributed by atoms with E-state index in [0.717, 1.165) is 23.4 Å². The molecule has 1 aromatic carbocycles. The number of rotatable bonds is 5. The van der Waals surface area contributed by atoms with Gasteiger partial charge in [0.25, 0.3) is 0 Å². The normalized spacial score (nSPS) is 10.7. The highest BCUT2D eigenvalue weighted by Gasteiger charge is 2.10. The average molecular weight is 285 g/mol. The van der Waals surface area contributed by atoms with Crippen molar-refractivity contribution in [3.05, 3.63) is 52.3 Å². The molecular weight excluding hydrogens is 262 g/mol. The fourth-order valence-electron chi connectivity index (χ4n) is 2.36. The molecule has 4 heteroatoms. The summed E-state index contributed by atoms with van der Waals surface area (Å²) in [5, 5.41) is 7.34. The maximum absolute atomic E-state index is 11.9. The van der Waals surface area contributed by atoms with Crippen LogP contribution in [0.25, 0.3) is 0 Å². The molecule has 0 spiro atoms. The van der Waals surface area contributed by atoms with Crippen molar-refractivity contribution in [2.24, 2.45) is 7.05 Å². The topological polar surface area (TPSA) is 46.9 Å². The summed E-state index contributed by atoms with van der Waals surface area (Å²) in [6.45, 7) is 6.61. The number of nitrogens with zero attached hydrogens (tertiary/aromatic N) is 2. The number of carbonyl (C=O) groups is 1. The van der Waals surface area contributed by atoms with Crippen molar-refractivity contribution in [3.63, 3.8) is 0 Å². The Morgan fingerprint density at radius 2 is 1.86 bits per heavy atom. The quantitative estimate of drug-likeness (QED) is 0.918. The molecule has 0 saturated carbocycles. The summed E-state index contributed by atoms with van der Waals surface area (Å²) in [5.74, 6) is 0.0817. The van der Waals surface area contributed by atoms with Gasteiger partial charge in [0.05, 0.1) is 5.69 Å². The lowest BCUT2D eigenvalue weighted by Gasteiger charge is -2.06. The third-order valence-electron chi connectivity index (χ3n) is 3.88. The molecule has 0 saturated heterocycles. The summed E-state index contributed by atoms with van der Waals surface area (Å²) in [6.07, 6.45) is 1.29. The van der Waals surface area contributed by atoms with Gasteiger partial charge in [0, 0.05) is 31.3 Å². The Bertz CT molecular complexity index is 626. The van der Waals surface area contributed by atoms with Gasteiger partial charge in [0.1, 0.15) is 0 Å². The second-order valence-corrected chi connectivity index (χ2v) is 5.54. The Balaban J connectivity index is 1.83. The van der Waals surface area contributed by atoms with E-state index in [1.54, 1.807) is 0 Å². The molecule has 21 heavy (non-hydrogen) atoms. The molecule has 1 N–H and O–H groups in total. The molecule has 0 unspecified atom stereocenters. The van der Waals surface area contributed by atoms with Crippen LogP contribution in [0.4, 0.5) is 0 Å². The van der Waals surface area contributed by atoms with Crippen molar-refractivity contribution < 1.29 is 4.79 Å². The number of aromatic nitrogens is 2. The molecule has 0 atom stereocenters. The minimum atomic E-state index is 0.0817. The van der Waals surface area contributed by atoms with Crippen molar-refractivity contribution in [1.82, 2.24) is 15.1 Å². The summed E-state index contributed by atoms with van der Waals surface area (Å²) < 4.78 is 1.85. The molecule has 0 radical (unpaired) electrons. The fourth-order valence-corrected chi connectivity index (χ4v) is 2.36. The highest BCUT2D eigenvalue weighted by Crippen LogP contribution is 2.11. The molecule has 0 aliphatic heterocycles. The van der Waals surface area contributed by atoms with Crippen LogP contribution in [-0.4, -0.2) is 15.7 Å². The van der Waals surface area contributed by atoms with E-state index in [0.29, 0.717) is 13.0 Å². The smallest absolute Gasteiger partial charge is 0.220 e. The molecule has 1 heterocycles. The third kappa shape index (κ3) is 3.94. The minimum absolute atomic E-state index is 0.0817. The predicted molar refractivity (Wildman–Crippen MR) is 84.0 cm³/mol. The first-order valence-corrected chi connectivity index (χ1v) is 7.28. The van der Waals surface area contributed by atoms with Crippen LogP contribution in [0.5, 0.6) is 0 Å². The molecule has 4 nitrogen and oxygen atoms in total. The molecule has 0 fully saturated rings. The standard InChI is InChI=1S/C17H23N3O/c1-12-5-7-15(8-6-12)9-10-17(21)18-11-16-13(2)19-20(4)14(16)3/h5-8H,9-11H2,1-4H3,(H,18,21). The number of carbonyl (C=O) groups excluding carboxylic acids is 1. The van der Waals surface area contributed by atoms with Crippen LogP contribution in [0.15, 0.2) is 24.3 Å².